The average molecular weight is 292 g/mol. The lowest BCUT2D eigenvalue weighted by molar-refractivity contribution is -0.118. The number of Topliss-reactive ketones (excluding diaryl/α,β-unsaturated/α-hetero) is 1. The van der Waals surface area contributed by atoms with Crippen molar-refractivity contribution in [2.45, 2.75) is 18.9 Å². The van der Waals surface area contributed by atoms with E-state index < -0.39 is 5.82 Å². The molecule has 2 aromatic carbocycles. The van der Waals surface area contributed by atoms with Crippen LogP contribution in [0, 0.1) is 5.82 Å². The molecule has 0 amide bonds. The van der Waals surface area contributed by atoms with E-state index in [1.54, 1.807) is 0 Å². The summed E-state index contributed by atoms with van der Waals surface area (Å²) in [6, 6.07) is 13.2. The van der Waals surface area contributed by atoms with Gasteiger partial charge >= 0.3 is 0 Å². The summed E-state index contributed by atoms with van der Waals surface area (Å²) in [6.45, 7) is 0. The van der Waals surface area contributed by atoms with Crippen LogP contribution < -0.4 is 5.73 Å². The maximum absolute atomic E-state index is 12.9. The molecule has 0 bridgehead atoms. The average Bonchev–Trinajstić information content (AvgIpc) is 2.43. The molecule has 0 heterocycles. The maximum Gasteiger partial charge on any atom is 0.139 e. The molecule has 1 atom stereocenters. The molecule has 0 radical (unpaired) electrons. The second kappa shape index (κ2) is 6.64. The fourth-order valence-electron chi connectivity index (χ4n) is 2.01. The molecule has 0 saturated carbocycles. The van der Waals surface area contributed by atoms with Crippen molar-refractivity contribution < 1.29 is 9.18 Å². The summed E-state index contributed by atoms with van der Waals surface area (Å²) in [5, 5.41) is 0.270. The number of benzene rings is 2. The quantitative estimate of drug-likeness (QED) is 0.913. The van der Waals surface area contributed by atoms with E-state index in [2.05, 4.69) is 0 Å². The molecule has 0 aromatic heterocycles. The van der Waals surface area contributed by atoms with Crippen LogP contribution in [0.2, 0.25) is 5.02 Å². The van der Waals surface area contributed by atoms with Crippen molar-refractivity contribution in [3.63, 3.8) is 0 Å². The summed E-state index contributed by atoms with van der Waals surface area (Å²) in [4.78, 5) is 12.0. The van der Waals surface area contributed by atoms with Gasteiger partial charge < -0.3 is 5.73 Å². The van der Waals surface area contributed by atoms with E-state index in [1.165, 1.54) is 18.2 Å². The fraction of sp³-hybridized carbons (Fsp3) is 0.188. The van der Waals surface area contributed by atoms with Gasteiger partial charge in [-0.3, -0.25) is 4.79 Å². The molecule has 0 aliphatic rings. The summed E-state index contributed by atoms with van der Waals surface area (Å²) in [5.41, 5.74) is 7.54. The van der Waals surface area contributed by atoms with Crippen molar-refractivity contribution in [2.24, 2.45) is 5.73 Å². The minimum atomic E-state index is -0.410. The highest BCUT2D eigenvalue weighted by Crippen LogP contribution is 2.20. The van der Waals surface area contributed by atoms with E-state index in [-0.39, 0.29) is 29.7 Å². The monoisotopic (exact) mass is 291 g/mol. The zero-order chi connectivity index (χ0) is 14.5. The number of hydrogen-bond donors (Lipinski definition) is 1. The zero-order valence-corrected chi connectivity index (χ0v) is 11.6. The van der Waals surface area contributed by atoms with Gasteiger partial charge in [-0.15, -0.1) is 0 Å². The van der Waals surface area contributed by atoms with E-state index in [4.69, 9.17) is 17.3 Å². The second-order valence-electron chi connectivity index (χ2n) is 4.67. The number of nitrogens with two attached hydrogens (primary N) is 1. The molecule has 0 aliphatic heterocycles. The topological polar surface area (TPSA) is 43.1 Å². The Bertz CT molecular complexity index is 601. The minimum absolute atomic E-state index is 0.0186. The summed E-state index contributed by atoms with van der Waals surface area (Å²) >= 11 is 5.90. The lowest BCUT2D eigenvalue weighted by atomic mass is 9.99. The predicted octanol–water partition coefficient (Wildman–Crippen LogP) is 3.68. The molecule has 2 N–H and O–H groups in total. The molecule has 104 valence electrons. The van der Waals surface area contributed by atoms with Crippen LogP contribution in [0.25, 0.3) is 0 Å². The first kappa shape index (κ1) is 14.7. The Morgan fingerprint density at radius 2 is 1.90 bits per heavy atom. The van der Waals surface area contributed by atoms with E-state index in [9.17, 15) is 9.18 Å². The summed E-state index contributed by atoms with van der Waals surface area (Å²) in [5.74, 6) is -0.429. The van der Waals surface area contributed by atoms with Crippen LogP contribution in [0.15, 0.2) is 48.5 Å². The first-order valence-electron chi connectivity index (χ1n) is 6.32. The predicted molar refractivity (Wildman–Crippen MR) is 78.1 cm³/mol. The van der Waals surface area contributed by atoms with E-state index >= 15 is 0 Å². The lowest BCUT2D eigenvalue weighted by Gasteiger charge is -2.11. The third kappa shape index (κ3) is 3.89. The van der Waals surface area contributed by atoms with Crippen LogP contribution in [0.3, 0.4) is 0 Å². The molecular formula is C16H15ClFNO. The molecule has 2 rings (SSSR count). The Kier molecular flexibility index (Phi) is 4.88. The van der Waals surface area contributed by atoms with Crippen LogP contribution in [0.5, 0.6) is 0 Å². The molecule has 1 unspecified atom stereocenters. The zero-order valence-electron chi connectivity index (χ0n) is 10.9. The van der Waals surface area contributed by atoms with Crippen molar-refractivity contribution in [3.05, 3.63) is 70.5 Å². The third-order valence-corrected chi connectivity index (χ3v) is 3.43. The van der Waals surface area contributed by atoms with Gasteiger partial charge in [0.1, 0.15) is 11.6 Å². The van der Waals surface area contributed by atoms with Gasteiger partial charge in [0.25, 0.3) is 0 Å². The molecular weight excluding hydrogens is 277 g/mol. The van der Waals surface area contributed by atoms with Crippen LogP contribution in [0.4, 0.5) is 4.39 Å². The molecule has 2 aromatic rings. The minimum Gasteiger partial charge on any atom is -0.324 e. The van der Waals surface area contributed by atoms with Crippen molar-refractivity contribution in [3.8, 4) is 0 Å². The molecule has 2 nitrogen and oxygen atoms in total. The lowest BCUT2D eigenvalue weighted by Crippen LogP contribution is -2.16. The highest BCUT2D eigenvalue weighted by Gasteiger charge is 2.13. The molecule has 4 heteroatoms. The number of carbonyl (C=O) groups excluding carboxylic acids is 1. The molecule has 0 aliphatic carbocycles. The van der Waals surface area contributed by atoms with E-state index in [0.29, 0.717) is 5.56 Å². The highest BCUT2D eigenvalue weighted by atomic mass is 35.5. The first-order chi connectivity index (χ1) is 9.56. The van der Waals surface area contributed by atoms with Crippen molar-refractivity contribution in [1.29, 1.82) is 0 Å². The number of hydrogen-bond acceptors (Lipinski definition) is 2. The van der Waals surface area contributed by atoms with Crippen molar-refractivity contribution in [2.75, 3.05) is 0 Å². The van der Waals surface area contributed by atoms with E-state index in [1.807, 2.05) is 30.3 Å². The largest absolute Gasteiger partial charge is 0.324 e. The van der Waals surface area contributed by atoms with Gasteiger partial charge in [-0.05, 0) is 23.3 Å². The van der Waals surface area contributed by atoms with Crippen molar-refractivity contribution in [1.82, 2.24) is 0 Å². The van der Waals surface area contributed by atoms with Crippen LogP contribution in [0.1, 0.15) is 23.6 Å². The number of halogens is 2. The molecule has 0 fully saturated rings. The van der Waals surface area contributed by atoms with Gasteiger partial charge in [0.2, 0.25) is 0 Å². The number of ketones is 1. The molecule has 0 saturated heterocycles. The highest BCUT2D eigenvalue weighted by molar-refractivity contribution is 6.31. The SMILES string of the molecule is NC(CC(=O)Cc1ccc(F)cc1Cl)c1ccccc1. The Balaban J connectivity index is 1.99. The van der Waals surface area contributed by atoms with Gasteiger partial charge in [-0.25, -0.2) is 4.39 Å². The van der Waals surface area contributed by atoms with Crippen molar-refractivity contribution >= 4 is 17.4 Å². The van der Waals surface area contributed by atoms with Crippen LogP contribution in [-0.2, 0) is 11.2 Å². The maximum atomic E-state index is 12.9. The summed E-state index contributed by atoms with van der Waals surface area (Å²) < 4.78 is 12.9. The van der Waals surface area contributed by atoms with Crippen LogP contribution in [-0.4, -0.2) is 5.78 Å². The number of carbonyl (C=O) groups is 1. The van der Waals surface area contributed by atoms with Gasteiger partial charge in [0, 0.05) is 23.9 Å². The Morgan fingerprint density at radius 3 is 2.55 bits per heavy atom. The smallest absolute Gasteiger partial charge is 0.139 e. The second-order valence-corrected chi connectivity index (χ2v) is 5.08. The molecule has 20 heavy (non-hydrogen) atoms. The fourth-order valence-corrected chi connectivity index (χ4v) is 2.25. The van der Waals surface area contributed by atoms with Crippen LogP contribution >= 0.6 is 11.6 Å². The standard InChI is InChI=1S/C16H15ClFNO/c17-15-9-13(18)7-6-12(15)8-14(20)10-16(19)11-4-2-1-3-5-11/h1-7,9,16H,8,10,19H2. The third-order valence-electron chi connectivity index (χ3n) is 3.08. The molecule has 0 spiro atoms. The van der Waals surface area contributed by atoms with Gasteiger partial charge in [-0.2, -0.15) is 0 Å². The first-order valence-corrected chi connectivity index (χ1v) is 6.70. The van der Waals surface area contributed by atoms with Gasteiger partial charge in [0.05, 0.1) is 0 Å². The Hall–Kier alpha value is -1.71. The summed E-state index contributed by atoms with van der Waals surface area (Å²) in [6.07, 6.45) is 0.400. The Morgan fingerprint density at radius 1 is 1.20 bits per heavy atom. The normalized spacial score (nSPS) is 12.2. The van der Waals surface area contributed by atoms with Gasteiger partial charge in [-0.1, -0.05) is 48.0 Å². The van der Waals surface area contributed by atoms with Gasteiger partial charge in [0.15, 0.2) is 0 Å². The number of rotatable bonds is 5. The van der Waals surface area contributed by atoms with E-state index in [0.717, 1.165) is 5.56 Å². The Labute approximate surface area is 122 Å². The summed E-state index contributed by atoms with van der Waals surface area (Å²) in [7, 11) is 0.